The lowest BCUT2D eigenvalue weighted by atomic mass is 10.1. The Morgan fingerprint density at radius 1 is 1.00 bits per heavy atom. The Labute approximate surface area is 168 Å². The largest absolute Gasteiger partial charge is 0.394 e. The van der Waals surface area contributed by atoms with Crippen molar-refractivity contribution in [1.82, 2.24) is 15.0 Å². The number of aromatic nitrogens is 3. The van der Waals surface area contributed by atoms with Gasteiger partial charge in [0.05, 0.1) is 24.0 Å². The summed E-state index contributed by atoms with van der Waals surface area (Å²) < 4.78 is 26.6. The summed E-state index contributed by atoms with van der Waals surface area (Å²) in [6, 6.07) is 10.8. The molecular weight excluding hydrogens is 376 g/mol. The number of rotatable bonds is 8. The SMILES string of the molecule is CC(C)[C@H](CO)Nc1nc(NCc2ccc(F)c(F)c2)cc(-c2ccccn2)n1. The van der Waals surface area contributed by atoms with E-state index in [4.69, 9.17) is 0 Å². The third-order valence-electron chi connectivity index (χ3n) is 4.43. The monoisotopic (exact) mass is 399 g/mol. The van der Waals surface area contributed by atoms with Crippen LogP contribution < -0.4 is 10.6 Å². The molecule has 0 saturated heterocycles. The minimum Gasteiger partial charge on any atom is -0.394 e. The number of hydrogen-bond acceptors (Lipinski definition) is 6. The first-order valence-electron chi connectivity index (χ1n) is 9.32. The molecule has 0 aliphatic heterocycles. The van der Waals surface area contributed by atoms with E-state index in [2.05, 4.69) is 25.6 Å². The lowest BCUT2D eigenvalue weighted by Crippen LogP contribution is -2.30. The van der Waals surface area contributed by atoms with Crippen molar-refractivity contribution in [1.29, 1.82) is 0 Å². The zero-order chi connectivity index (χ0) is 20.8. The van der Waals surface area contributed by atoms with Gasteiger partial charge in [-0.05, 0) is 35.7 Å². The first kappa shape index (κ1) is 20.6. The number of nitrogens with zero attached hydrogens (tertiary/aromatic N) is 3. The Balaban J connectivity index is 1.88. The maximum atomic E-state index is 13.4. The van der Waals surface area contributed by atoms with Crippen molar-refractivity contribution >= 4 is 11.8 Å². The molecule has 3 N–H and O–H groups in total. The third kappa shape index (κ3) is 5.45. The predicted octanol–water partition coefficient (Wildman–Crippen LogP) is 3.86. The van der Waals surface area contributed by atoms with Gasteiger partial charge in [0.2, 0.25) is 5.95 Å². The minimum atomic E-state index is -0.897. The standard InChI is InChI=1S/C21H23F2N5O/c1-13(2)19(12-29)27-21-26-18(17-5-3-4-8-24-17)10-20(28-21)25-11-14-6-7-15(22)16(23)9-14/h3-10,13,19,29H,11-12H2,1-2H3,(H2,25,26,27,28)/t19-/m0/s1. The Morgan fingerprint density at radius 2 is 1.83 bits per heavy atom. The van der Waals surface area contributed by atoms with E-state index in [0.717, 1.165) is 12.1 Å². The summed E-state index contributed by atoms with van der Waals surface area (Å²) in [5.74, 6) is -0.780. The highest BCUT2D eigenvalue weighted by Crippen LogP contribution is 2.21. The predicted molar refractivity (Wildman–Crippen MR) is 108 cm³/mol. The van der Waals surface area contributed by atoms with Gasteiger partial charge in [0.25, 0.3) is 0 Å². The van der Waals surface area contributed by atoms with Gasteiger partial charge in [-0.3, -0.25) is 4.98 Å². The van der Waals surface area contributed by atoms with Crippen LogP contribution in [0.3, 0.4) is 0 Å². The summed E-state index contributed by atoms with van der Waals surface area (Å²) in [4.78, 5) is 13.3. The number of pyridine rings is 1. The van der Waals surface area contributed by atoms with Gasteiger partial charge >= 0.3 is 0 Å². The third-order valence-corrected chi connectivity index (χ3v) is 4.43. The van der Waals surface area contributed by atoms with E-state index in [1.807, 2.05) is 32.0 Å². The van der Waals surface area contributed by atoms with Gasteiger partial charge in [0, 0.05) is 18.8 Å². The van der Waals surface area contributed by atoms with E-state index in [1.165, 1.54) is 6.07 Å². The Bertz CT molecular complexity index is 953. The van der Waals surface area contributed by atoms with Crippen LogP contribution in [0.4, 0.5) is 20.5 Å². The molecule has 2 aromatic heterocycles. The van der Waals surface area contributed by atoms with Crippen molar-refractivity contribution in [3.8, 4) is 11.4 Å². The average Bonchev–Trinajstić information content (AvgIpc) is 2.73. The molecule has 6 nitrogen and oxygen atoms in total. The molecule has 0 amide bonds. The molecule has 152 valence electrons. The zero-order valence-electron chi connectivity index (χ0n) is 16.2. The number of anilines is 2. The van der Waals surface area contributed by atoms with Crippen LogP contribution in [0.1, 0.15) is 19.4 Å². The molecule has 0 spiro atoms. The van der Waals surface area contributed by atoms with E-state index < -0.39 is 11.6 Å². The molecule has 1 aromatic carbocycles. The molecule has 0 saturated carbocycles. The van der Waals surface area contributed by atoms with E-state index in [0.29, 0.717) is 28.7 Å². The molecule has 3 aromatic rings. The molecule has 3 rings (SSSR count). The number of nitrogens with one attached hydrogen (secondary N) is 2. The summed E-state index contributed by atoms with van der Waals surface area (Å²) >= 11 is 0. The second kappa shape index (κ2) is 9.38. The van der Waals surface area contributed by atoms with Gasteiger partial charge in [-0.15, -0.1) is 0 Å². The van der Waals surface area contributed by atoms with Crippen molar-refractivity contribution in [2.24, 2.45) is 5.92 Å². The van der Waals surface area contributed by atoms with Gasteiger partial charge in [-0.25, -0.2) is 13.8 Å². The zero-order valence-corrected chi connectivity index (χ0v) is 16.2. The number of halogens is 2. The highest BCUT2D eigenvalue weighted by Gasteiger charge is 2.15. The number of aliphatic hydroxyl groups excluding tert-OH is 1. The second-order valence-electron chi connectivity index (χ2n) is 6.96. The van der Waals surface area contributed by atoms with Crippen LogP contribution >= 0.6 is 0 Å². The van der Waals surface area contributed by atoms with E-state index in [-0.39, 0.29) is 25.1 Å². The summed E-state index contributed by atoms with van der Waals surface area (Å²) in [7, 11) is 0. The smallest absolute Gasteiger partial charge is 0.225 e. The van der Waals surface area contributed by atoms with E-state index >= 15 is 0 Å². The van der Waals surface area contributed by atoms with Crippen molar-refractivity contribution < 1.29 is 13.9 Å². The van der Waals surface area contributed by atoms with E-state index in [1.54, 1.807) is 12.3 Å². The van der Waals surface area contributed by atoms with Crippen LogP contribution in [0.15, 0.2) is 48.7 Å². The Hall–Kier alpha value is -3.13. The average molecular weight is 399 g/mol. The fraction of sp³-hybridized carbons (Fsp3) is 0.286. The highest BCUT2D eigenvalue weighted by molar-refractivity contribution is 5.61. The highest BCUT2D eigenvalue weighted by atomic mass is 19.2. The summed E-state index contributed by atoms with van der Waals surface area (Å²) in [6.07, 6.45) is 1.67. The quantitative estimate of drug-likeness (QED) is 0.534. The minimum absolute atomic E-state index is 0.0630. The van der Waals surface area contributed by atoms with Crippen LogP contribution in [0.25, 0.3) is 11.4 Å². The van der Waals surface area contributed by atoms with Crippen LogP contribution in [0.5, 0.6) is 0 Å². The topological polar surface area (TPSA) is 83.0 Å². The van der Waals surface area contributed by atoms with Crippen molar-refractivity contribution in [2.45, 2.75) is 26.4 Å². The molecule has 8 heteroatoms. The number of benzene rings is 1. The molecule has 0 fully saturated rings. The van der Waals surface area contributed by atoms with Crippen molar-refractivity contribution in [2.75, 3.05) is 17.2 Å². The van der Waals surface area contributed by atoms with Gasteiger partial charge in [0.15, 0.2) is 11.6 Å². The lowest BCUT2D eigenvalue weighted by molar-refractivity contribution is 0.248. The van der Waals surface area contributed by atoms with Crippen LogP contribution in [-0.4, -0.2) is 32.7 Å². The van der Waals surface area contributed by atoms with Gasteiger partial charge in [-0.2, -0.15) is 4.98 Å². The maximum absolute atomic E-state index is 13.4. The Kier molecular flexibility index (Phi) is 6.66. The number of aliphatic hydroxyl groups is 1. The summed E-state index contributed by atoms with van der Waals surface area (Å²) in [5.41, 5.74) is 1.84. The normalized spacial score (nSPS) is 12.1. The molecule has 0 aliphatic rings. The maximum Gasteiger partial charge on any atom is 0.225 e. The van der Waals surface area contributed by atoms with Crippen molar-refractivity contribution in [3.05, 3.63) is 65.9 Å². The molecule has 2 heterocycles. The lowest BCUT2D eigenvalue weighted by Gasteiger charge is -2.20. The van der Waals surface area contributed by atoms with Crippen molar-refractivity contribution in [3.63, 3.8) is 0 Å². The van der Waals surface area contributed by atoms with Gasteiger partial charge < -0.3 is 15.7 Å². The second-order valence-corrected chi connectivity index (χ2v) is 6.96. The van der Waals surface area contributed by atoms with Gasteiger partial charge in [-0.1, -0.05) is 26.0 Å². The Morgan fingerprint density at radius 3 is 2.48 bits per heavy atom. The molecule has 0 bridgehead atoms. The molecule has 29 heavy (non-hydrogen) atoms. The molecule has 0 aliphatic carbocycles. The van der Waals surface area contributed by atoms with E-state index in [9.17, 15) is 13.9 Å². The summed E-state index contributed by atoms with van der Waals surface area (Å²) in [6.45, 7) is 4.16. The van der Waals surface area contributed by atoms with Crippen LogP contribution in [0, 0.1) is 17.6 Å². The fourth-order valence-electron chi connectivity index (χ4n) is 2.68. The molecule has 1 atom stereocenters. The number of hydrogen-bond donors (Lipinski definition) is 3. The summed E-state index contributed by atoms with van der Waals surface area (Å²) in [5, 5.41) is 15.9. The van der Waals surface area contributed by atoms with Crippen LogP contribution in [-0.2, 0) is 6.54 Å². The first-order chi connectivity index (χ1) is 14.0. The molecule has 0 unspecified atom stereocenters. The van der Waals surface area contributed by atoms with Gasteiger partial charge in [0.1, 0.15) is 5.82 Å². The fourth-order valence-corrected chi connectivity index (χ4v) is 2.68. The first-order valence-corrected chi connectivity index (χ1v) is 9.32. The van der Waals surface area contributed by atoms with Crippen LogP contribution in [0.2, 0.25) is 0 Å². The molecule has 0 radical (unpaired) electrons. The molecular formula is C21H23F2N5O.